The molecule has 7 rings (SSSR count). The number of aliphatic hydroxyl groups excluding tert-OH is 1. The van der Waals surface area contributed by atoms with E-state index in [4.69, 9.17) is 4.84 Å². The maximum Gasteiger partial charge on any atom is 0.251 e. The second-order valence-electron chi connectivity index (χ2n) is 17.1. The smallest absolute Gasteiger partial charge is 0.251 e. The van der Waals surface area contributed by atoms with Crippen LogP contribution < -0.4 is 15.5 Å². The van der Waals surface area contributed by atoms with Gasteiger partial charge in [-0.15, -0.1) is 0 Å². The average Bonchev–Trinajstić information content (AvgIpc) is 3.47. The Morgan fingerprint density at radius 1 is 1.02 bits per heavy atom. The second kappa shape index (κ2) is 15.9. The molecule has 3 N–H and O–H groups in total. The van der Waals surface area contributed by atoms with Gasteiger partial charge in [-0.05, 0) is 116 Å². The molecule has 3 aromatic rings. The van der Waals surface area contributed by atoms with E-state index < -0.39 is 18.1 Å². The van der Waals surface area contributed by atoms with Gasteiger partial charge >= 0.3 is 0 Å². The van der Waals surface area contributed by atoms with Crippen molar-refractivity contribution in [2.45, 2.75) is 84.7 Å². The highest BCUT2D eigenvalue weighted by atomic mass is 16.7. The molecule has 1 aliphatic heterocycles. The number of rotatable bonds is 13. The Balaban J connectivity index is 1.26. The van der Waals surface area contributed by atoms with Gasteiger partial charge in [-0.3, -0.25) is 14.4 Å². The monoisotopic (exact) mass is 723 g/mol. The lowest BCUT2D eigenvalue weighted by Crippen LogP contribution is -2.62. The molecule has 3 aliphatic carbocycles. The van der Waals surface area contributed by atoms with Crippen LogP contribution in [0.1, 0.15) is 67.6 Å². The van der Waals surface area contributed by atoms with E-state index in [1.807, 2.05) is 74.6 Å². The number of hydroxylamine groups is 2. The van der Waals surface area contributed by atoms with Gasteiger partial charge in [0.2, 0.25) is 5.91 Å². The Labute approximate surface area is 317 Å². The molecule has 0 aromatic heterocycles. The summed E-state index contributed by atoms with van der Waals surface area (Å²) < 4.78 is 0. The van der Waals surface area contributed by atoms with E-state index in [9.17, 15) is 14.7 Å². The van der Waals surface area contributed by atoms with Gasteiger partial charge in [0, 0.05) is 50.4 Å². The third-order valence-corrected chi connectivity index (χ3v) is 12.7. The van der Waals surface area contributed by atoms with E-state index in [0.29, 0.717) is 48.4 Å². The lowest BCUT2D eigenvalue weighted by Gasteiger charge is -2.62. The number of anilines is 1. The number of amides is 2. The van der Waals surface area contributed by atoms with Crippen LogP contribution in [0.25, 0.3) is 11.1 Å². The summed E-state index contributed by atoms with van der Waals surface area (Å²) in [6, 6.07) is 21.8. The van der Waals surface area contributed by atoms with Crippen LogP contribution in [0, 0.1) is 36.0 Å². The summed E-state index contributed by atoms with van der Waals surface area (Å²) in [6.07, 6.45) is 1.91. The van der Waals surface area contributed by atoms with Crippen molar-refractivity contribution in [3.05, 3.63) is 89.0 Å². The zero-order valence-corrected chi connectivity index (χ0v) is 33.2. The van der Waals surface area contributed by atoms with Crippen molar-refractivity contribution in [1.29, 1.82) is 0 Å². The fraction of sp³-hybridized carbons (Fsp3) is 0.545. The molecule has 1 heterocycles. The summed E-state index contributed by atoms with van der Waals surface area (Å²) in [5.74, 6) is 1.05. The van der Waals surface area contributed by atoms with Gasteiger partial charge in [-0.1, -0.05) is 69.3 Å². The van der Waals surface area contributed by atoms with Crippen molar-refractivity contribution < 1.29 is 19.5 Å². The van der Waals surface area contributed by atoms with E-state index in [1.54, 1.807) is 6.92 Å². The van der Waals surface area contributed by atoms with E-state index in [0.717, 1.165) is 40.8 Å². The molecular formula is C44H61N5O4. The highest BCUT2D eigenvalue weighted by Crippen LogP contribution is 2.61. The molecule has 2 bridgehead atoms. The molecule has 286 valence electrons. The topological polar surface area (TPSA) is 97.4 Å². The number of carbonyl (C=O) groups is 2. The number of carbonyl (C=O) groups excluding carboxylic acids is 2. The van der Waals surface area contributed by atoms with Gasteiger partial charge < -0.3 is 25.5 Å². The third kappa shape index (κ3) is 8.19. The zero-order valence-electron chi connectivity index (χ0n) is 33.2. The first-order valence-electron chi connectivity index (χ1n) is 19.5. The SMILES string of the molecule is Cc1c(CN2O[C@@H](CN(C)C)[C@@H]([C@H](C)O)[C@H]2C(=O)N[C@H]2C[C@@H]3C[C@H]([C@@H]2C)C3(C)C)cccc1-c1cc(C(=O)NCCc2ccccc2)cc(N(C)C)c1. The van der Waals surface area contributed by atoms with Crippen LogP contribution in [0.4, 0.5) is 5.69 Å². The quantitative estimate of drug-likeness (QED) is 0.201. The van der Waals surface area contributed by atoms with Gasteiger partial charge in [0.15, 0.2) is 0 Å². The highest BCUT2D eigenvalue weighted by Gasteiger charge is 2.57. The Bertz CT molecular complexity index is 1760. The van der Waals surface area contributed by atoms with Crippen molar-refractivity contribution >= 4 is 17.5 Å². The van der Waals surface area contributed by atoms with Crippen molar-refractivity contribution in [1.82, 2.24) is 20.6 Å². The van der Waals surface area contributed by atoms with Gasteiger partial charge in [0.05, 0.1) is 18.8 Å². The minimum absolute atomic E-state index is 0.0662. The molecule has 8 atom stereocenters. The van der Waals surface area contributed by atoms with Crippen LogP contribution in [0.5, 0.6) is 0 Å². The first-order valence-corrected chi connectivity index (χ1v) is 19.5. The molecule has 53 heavy (non-hydrogen) atoms. The number of likely N-dealkylation sites (N-methyl/N-ethyl adjacent to an activating group) is 1. The number of nitrogens with one attached hydrogen (secondary N) is 2. The second-order valence-corrected chi connectivity index (χ2v) is 17.1. The first-order chi connectivity index (χ1) is 25.1. The number of nitrogens with zero attached hydrogens (tertiary/aromatic N) is 3. The number of hydrogen-bond donors (Lipinski definition) is 3. The van der Waals surface area contributed by atoms with E-state index in [1.165, 1.54) is 12.0 Å². The number of benzene rings is 3. The molecule has 0 radical (unpaired) electrons. The minimum atomic E-state index is -0.740. The normalized spacial score (nSPS) is 26.9. The van der Waals surface area contributed by atoms with E-state index >= 15 is 0 Å². The largest absolute Gasteiger partial charge is 0.393 e. The molecule has 4 aliphatic rings. The molecule has 3 saturated carbocycles. The van der Waals surface area contributed by atoms with Gasteiger partial charge in [0.25, 0.3) is 5.91 Å². The Morgan fingerprint density at radius 3 is 2.40 bits per heavy atom. The third-order valence-electron chi connectivity index (χ3n) is 12.7. The van der Waals surface area contributed by atoms with Crippen LogP contribution >= 0.6 is 0 Å². The standard InChI is InChI=1S/C44H61N5O4/c1-27-31(16-13-17-36(27)32-20-33(22-35(21-32)48(8)9)42(51)45-19-18-30-14-11-10-12-15-30)25-49-41(40(29(3)50)39(53-49)26-47(6)7)43(52)46-38-24-34-23-37(28(38)2)44(34,4)5/h10-17,20-22,28-29,34,37-41,50H,18-19,23-26H2,1-9H3,(H,45,51)(H,46,52)/t28-,29-,34-,37+,38-,39-,40+,41-/m0/s1. The maximum absolute atomic E-state index is 14.4. The van der Waals surface area contributed by atoms with Crippen molar-refractivity contribution in [2.24, 2.45) is 29.1 Å². The van der Waals surface area contributed by atoms with Crippen molar-refractivity contribution in [3.8, 4) is 11.1 Å². The zero-order chi connectivity index (χ0) is 38.2. The Morgan fingerprint density at radius 2 is 1.75 bits per heavy atom. The van der Waals surface area contributed by atoms with Crippen LogP contribution in [-0.4, -0.2) is 92.5 Å². The van der Waals surface area contributed by atoms with Crippen LogP contribution in [0.3, 0.4) is 0 Å². The van der Waals surface area contributed by atoms with Crippen molar-refractivity contribution in [3.63, 3.8) is 0 Å². The number of hydrogen-bond acceptors (Lipinski definition) is 7. The summed E-state index contributed by atoms with van der Waals surface area (Å²) in [7, 11) is 7.95. The van der Waals surface area contributed by atoms with Crippen molar-refractivity contribution in [2.75, 3.05) is 46.2 Å². The van der Waals surface area contributed by atoms with Gasteiger partial charge in [-0.25, -0.2) is 0 Å². The predicted molar refractivity (Wildman–Crippen MR) is 212 cm³/mol. The Hall–Kier alpha value is -3.76. The van der Waals surface area contributed by atoms with E-state index in [2.05, 4.69) is 73.6 Å². The lowest BCUT2D eigenvalue weighted by atomic mass is 9.45. The lowest BCUT2D eigenvalue weighted by molar-refractivity contribution is -0.179. The van der Waals surface area contributed by atoms with Crippen LogP contribution in [0.2, 0.25) is 0 Å². The molecule has 0 spiro atoms. The molecule has 9 heteroatoms. The van der Waals surface area contributed by atoms with Crippen LogP contribution in [-0.2, 0) is 22.6 Å². The number of aliphatic hydroxyl groups is 1. The summed E-state index contributed by atoms with van der Waals surface area (Å²) in [5.41, 5.74) is 7.07. The molecule has 0 unspecified atom stereocenters. The molecule has 1 saturated heterocycles. The molecule has 2 amide bonds. The average molecular weight is 724 g/mol. The summed E-state index contributed by atoms with van der Waals surface area (Å²) in [5, 5.41) is 19.6. The predicted octanol–water partition coefficient (Wildman–Crippen LogP) is 5.93. The van der Waals surface area contributed by atoms with E-state index in [-0.39, 0.29) is 24.0 Å². The molecule has 4 fully saturated rings. The Kier molecular flexibility index (Phi) is 11.7. The highest BCUT2D eigenvalue weighted by molar-refractivity contribution is 5.97. The first kappa shape index (κ1) is 38.9. The summed E-state index contributed by atoms with van der Waals surface area (Å²) in [6.45, 7) is 12.4. The summed E-state index contributed by atoms with van der Waals surface area (Å²) in [4.78, 5) is 38.6. The summed E-state index contributed by atoms with van der Waals surface area (Å²) >= 11 is 0. The molecule has 9 nitrogen and oxygen atoms in total. The maximum atomic E-state index is 14.4. The number of fused-ring (bicyclic) bond motifs is 2. The molecule has 3 aromatic carbocycles. The van der Waals surface area contributed by atoms with Gasteiger partial charge in [0.1, 0.15) is 6.04 Å². The molecular weight excluding hydrogens is 663 g/mol. The minimum Gasteiger partial charge on any atom is -0.393 e. The fourth-order valence-electron chi connectivity index (χ4n) is 9.40. The van der Waals surface area contributed by atoms with Gasteiger partial charge in [-0.2, -0.15) is 5.06 Å². The fourth-order valence-corrected chi connectivity index (χ4v) is 9.40. The van der Waals surface area contributed by atoms with Crippen LogP contribution in [0.15, 0.2) is 66.7 Å².